The van der Waals surface area contributed by atoms with Gasteiger partial charge in [-0.05, 0) is 55.2 Å². The molecular formula is C24H24BrClN2O4. The zero-order chi connectivity index (χ0) is 23.1. The minimum Gasteiger partial charge on any atom is -0.483 e. The van der Waals surface area contributed by atoms with Crippen LogP contribution >= 0.6 is 27.5 Å². The Labute approximate surface area is 201 Å². The van der Waals surface area contributed by atoms with Crippen molar-refractivity contribution < 1.29 is 19.1 Å². The average molecular weight is 520 g/mol. The number of nitrogens with zero attached hydrogens (tertiary/aromatic N) is 2. The maximum absolute atomic E-state index is 12.7. The predicted molar refractivity (Wildman–Crippen MR) is 124 cm³/mol. The summed E-state index contributed by atoms with van der Waals surface area (Å²) in [5, 5.41) is 10.5. The van der Waals surface area contributed by atoms with E-state index in [0.717, 1.165) is 10.0 Å². The first-order valence-corrected chi connectivity index (χ1v) is 11.4. The van der Waals surface area contributed by atoms with Crippen molar-refractivity contribution in [2.45, 2.75) is 25.7 Å². The van der Waals surface area contributed by atoms with Crippen LogP contribution in [0.1, 0.15) is 24.0 Å². The second kappa shape index (κ2) is 10.8. The Bertz CT molecular complexity index is 1030. The zero-order valence-electron chi connectivity index (χ0n) is 17.8. The molecule has 3 rings (SSSR count). The fraction of sp³-hybridized carbons (Fsp3) is 0.375. The van der Waals surface area contributed by atoms with Crippen molar-refractivity contribution in [3.63, 3.8) is 0 Å². The molecule has 0 aliphatic carbocycles. The summed E-state index contributed by atoms with van der Waals surface area (Å²) in [7, 11) is 1.33. The summed E-state index contributed by atoms with van der Waals surface area (Å²) in [4.78, 5) is 26.1. The Morgan fingerprint density at radius 2 is 1.97 bits per heavy atom. The summed E-state index contributed by atoms with van der Waals surface area (Å²) >= 11 is 9.46. The van der Waals surface area contributed by atoms with Gasteiger partial charge in [0.05, 0.1) is 25.0 Å². The summed E-state index contributed by atoms with van der Waals surface area (Å²) in [6, 6.07) is 15.3. The van der Waals surface area contributed by atoms with Crippen molar-refractivity contribution in [1.82, 2.24) is 4.90 Å². The Balaban J connectivity index is 1.58. The van der Waals surface area contributed by atoms with Crippen LogP contribution < -0.4 is 4.74 Å². The minimum absolute atomic E-state index is 0.0529. The lowest BCUT2D eigenvalue weighted by Crippen LogP contribution is -2.45. The maximum Gasteiger partial charge on any atom is 0.310 e. The SMILES string of the molecule is COC(=O)Cc1cc(Br)ccc1OCC(=O)N1CCC(C#N)(Cc2cccc(Cl)c2)CC1. The average Bonchev–Trinajstić information content (AvgIpc) is 2.78. The smallest absolute Gasteiger partial charge is 0.310 e. The molecule has 1 amide bonds. The number of amides is 1. The molecule has 0 atom stereocenters. The molecule has 1 aliphatic heterocycles. The van der Waals surface area contributed by atoms with E-state index in [1.807, 2.05) is 24.3 Å². The number of rotatable bonds is 7. The number of hydrogen-bond donors (Lipinski definition) is 0. The lowest BCUT2D eigenvalue weighted by atomic mass is 9.75. The Kier molecular flexibility index (Phi) is 8.16. The number of benzene rings is 2. The largest absolute Gasteiger partial charge is 0.483 e. The summed E-state index contributed by atoms with van der Waals surface area (Å²) in [5.74, 6) is -0.0645. The van der Waals surface area contributed by atoms with Crippen molar-refractivity contribution in [2.75, 3.05) is 26.8 Å². The van der Waals surface area contributed by atoms with Crippen LogP contribution in [0.25, 0.3) is 0 Å². The minimum atomic E-state index is -0.512. The second-order valence-corrected chi connectivity index (χ2v) is 9.23. The number of hydrogen-bond acceptors (Lipinski definition) is 5. The molecule has 0 N–H and O–H groups in total. The van der Waals surface area contributed by atoms with Crippen LogP contribution in [0.15, 0.2) is 46.9 Å². The number of likely N-dealkylation sites (tertiary alicyclic amines) is 1. The number of carbonyl (C=O) groups excluding carboxylic acids is 2. The van der Waals surface area contributed by atoms with Crippen LogP contribution in [-0.2, 0) is 27.2 Å². The number of halogens is 2. The molecule has 1 heterocycles. The number of ether oxygens (including phenoxy) is 2. The maximum atomic E-state index is 12.7. The third kappa shape index (κ3) is 6.24. The normalized spacial score (nSPS) is 15.0. The molecule has 1 fully saturated rings. The molecule has 0 aromatic heterocycles. The molecule has 2 aromatic rings. The Hall–Kier alpha value is -2.56. The van der Waals surface area contributed by atoms with Gasteiger partial charge >= 0.3 is 5.97 Å². The molecule has 1 aliphatic rings. The molecule has 0 unspecified atom stereocenters. The van der Waals surface area contributed by atoms with Gasteiger partial charge in [-0.2, -0.15) is 5.26 Å². The standard InChI is InChI=1S/C24H24BrClN2O4/c1-31-23(30)13-18-12-19(25)5-6-21(18)32-15-22(29)28-9-7-24(16-27,8-10-28)14-17-3-2-4-20(26)11-17/h2-6,11-12H,7-10,13-15H2,1H3. The highest BCUT2D eigenvalue weighted by molar-refractivity contribution is 9.10. The van der Waals surface area contributed by atoms with Gasteiger partial charge in [-0.15, -0.1) is 0 Å². The number of methoxy groups -OCH3 is 1. The Morgan fingerprint density at radius 3 is 2.62 bits per heavy atom. The van der Waals surface area contributed by atoms with Gasteiger partial charge in [0.2, 0.25) is 0 Å². The first-order chi connectivity index (χ1) is 15.3. The van der Waals surface area contributed by atoms with Crippen LogP contribution in [0.3, 0.4) is 0 Å². The zero-order valence-corrected chi connectivity index (χ0v) is 20.1. The summed E-state index contributed by atoms with van der Waals surface area (Å²) in [5.41, 5.74) is 1.15. The van der Waals surface area contributed by atoms with E-state index in [4.69, 9.17) is 21.1 Å². The van der Waals surface area contributed by atoms with Crippen molar-refractivity contribution in [3.8, 4) is 11.8 Å². The molecular weight excluding hydrogens is 496 g/mol. The first-order valence-electron chi connectivity index (χ1n) is 10.3. The molecule has 0 bridgehead atoms. The number of esters is 1. The number of nitriles is 1. The van der Waals surface area contributed by atoms with E-state index in [1.165, 1.54) is 7.11 Å². The van der Waals surface area contributed by atoms with E-state index in [9.17, 15) is 14.9 Å². The van der Waals surface area contributed by atoms with E-state index in [-0.39, 0.29) is 24.9 Å². The molecule has 0 spiro atoms. The van der Waals surface area contributed by atoms with Crippen LogP contribution in [0.5, 0.6) is 5.75 Å². The fourth-order valence-electron chi connectivity index (χ4n) is 3.84. The number of piperidine rings is 1. The van der Waals surface area contributed by atoms with Crippen LogP contribution in [0.2, 0.25) is 5.02 Å². The van der Waals surface area contributed by atoms with Gasteiger partial charge in [-0.3, -0.25) is 9.59 Å². The third-order valence-corrected chi connectivity index (χ3v) is 6.41. The lowest BCUT2D eigenvalue weighted by molar-refractivity contribution is -0.139. The first kappa shape index (κ1) is 24.1. The highest BCUT2D eigenvalue weighted by atomic mass is 79.9. The molecule has 2 aromatic carbocycles. The highest BCUT2D eigenvalue weighted by Gasteiger charge is 2.36. The molecule has 6 nitrogen and oxygen atoms in total. The van der Waals surface area contributed by atoms with Gasteiger partial charge in [-0.1, -0.05) is 39.7 Å². The van der Waals surface area contributed by atoms with Crippen LogP contribution in [0.4, 0.5) is 0 Å². The van der Waals surface area contributed by atoms with Crippen molar-refractivity contribution in [3.05, 3.63) is 63.1 Å². The van der Waals surface area contributed by atoms with Crippen LogP contribution in [-0.4, -0.2) is 43.6 Å². The van der Waals surface area contributed by atoms with Crippen molar-refractivity contribution in [1.29, 1.82) is 5.26 Å². The molecule has 8 heteroatoms. The third-order valence-electron chi connectivity index (χ3n) is 5.68. The van der Waals surface area contributed by atoms with E-state index in [2.05, 4.69) is 22.0 Å². The highest BCUT2D eigenvalue weighted by Crippen LogP contribution is 2.35. The number of carbonyl (C=O) groups is 2. The predicted octanol–water partition coefficient (Wildman–Crippen LogP) is 4.57. The summed E-state index contributed by atoms with van der Waals surface area (Å²) in [6.07, 6.45) is 1.84. The van der Waals surface area contributed by atoms with Gasteiger partial charge < -0.3 is 14.4 Å². The van der Waals surface area contributed by atoms with Gasteiger partial charge in [0.1, 0.15) is 5.75 Å². The second-order valence-electron chi connectivity index (χ2n) is 7.87. The molecule has 1 saturated heterocycles. The van der Waals surface area contributed by atoms with Gasteiger partial charge in [0.25, 0.3) is 5.91 Å². The van der Waals surface area contributed by atoms with Crippen molar-refractivity contribution in [2.24, 2.45) is 5.41 Å². The van der Waals surface area contributed by atoms with Crippen molar-refractivity contribution >= 4 is 39.4 Å². The molecule has 168 valence electrons. The van der Waals surface area contributed by atoms with Gasteiger partial charge in [0.15, 0.2) is 6.61 Å². The molecule has 0 saturated carbocycles. The monoisotopic (exact) mass is 518 g/mol. The van der Waals surface area contributed by atoms with E-state index in [1.54, 1.807) is 23.1 Å². The fourth-order valence-corrected chi connectivity index (χ4v) is 4.46. The van der Waals surface area contributed by atoms with Gasteiger partial charge in [0, 0.05) is 28.1 Å². The van der Waals surface area contributed by atoms with E-state index >= 15 is 0 Å². The quantitative estimate of drug-likeness (QED) is 0.501. The molecule has 32 heavy (non-hydrogen) atoms. The lowest BCUT2D eigenvalue weighted by Gasteiger charge is -2.37. The van der Waals surface area contributed by atoms with E-state index < -0.39 is 5.41 Å². The summed E-state index contributed by atoms with van der Waals surface area (Å²) in [6.45, 7) is 0.848. The van der Waals surface area contributed by atoms with Gasteiger partial charge in [-0.25, -0.2) is 0 Å². The summed E-state index contributed by atoms with van der Waals surface area (Å²) < 4.78 is 11.3. The van der Waals surface area contributed by atoms with Crippen LogP contribution in [0, 0.1) is 16.7 Å². The van der Waals surface area contributed by atoms with E-state index in [0.29, 0.717) is 48.7 Å². The Morgan fingerprint density at radius 1 is 1.22 bits per heavy atom. The topological polar surface area (TPSA) is 79.6 Å². The molecule has 0 radical (unpaired) electrons.